The summed E-state index contributed by atoms with van der Waals surface area (Å²) in [6.07, 6.45) is -0.0401. The lowest BCUT2D eigenvalue weighted by Gasteiger charge is -2.24. The summed E-state index contributed by atoms with van der Waals surface area (Å²) in [6, 6.07) is 3.30. The fraction of sp³-hybridized carbons (Fsp3) is 0.533. The first-order valence-corrected chi connectivity index (χ1v) is 6.94. The molecule has 0 atom stereocenters. The summed E-state index contributed by atoms with van der Waals surface area (Å²) in [7, 11) is 1.78. The second kappa shape index (κ2) is 5.95. The molecule has 1 N–H and O–H groups in total. The van der Waals surface area contributed by atoms with Crippen LogP contribution in [0.5, 0.6) is 0 Å². The van der Waals surface area contributed by atoms with E-state index in [0.717, 1.165) is 31.5 Å². The number of carbonyl (C=O) groups is 1. The molecule has 0 heterocycles. The minimum Gasteiger partial charge on any atom is -0.478 e. The van der Waals surface area contributed by atoms with Gasteiger partial charge in [-0.25, -0.2) is 4.79 Å². The first kappa shape index (κ1) is 15.7. The number of hydrogen-bond acceptors (Lipinski definition) is 2. The van der Waals surface area contributed by atoms with Crippen LogP contribution >= 0.6 is 0 Å². The Morgan fingerprint density at radius 1 is 1.33 bits per heavy atom. The normalized spacial score (nSPS) is 16.2. The molecular formula is C15H18F3NO2. The van der Waals surface area contributed by atoms with Crippen LogP contribution in [-0.4, -0.2) is 24.7 Å². The standard InChI is InChI=1S/C15H18F3NO2/c1-19(9-10-4-2-3-5-10)11-6-7-13(15(16,17)18)12(8-11)14(20)21/h6-8,10H,2-5,9H2,1H3,(H,20,21). The first-order valence-electron chi connectivity index (χ1n) is 6.94. The third kappa shape index (κ3) is 3.68. The van der Waals surface area contributed by atoms with Gasteiger partial charge in [-0.2, -0.15) is 13.2 Å². The Kier molecular flexibility index (Phi) is 4.44. The number of hydrogen-bond donors (Lipinski definition) is 1. The predicted molar refractivity (Wildman–Crippen MR) is 73.6 cm³/mol. The van der Waals surface area contributed by atoms with Crippen LogP contribution in [0.15, 0.2) is 18.2 Å². The van der Waals surface area contributed by atoms with Crippen molar-refractivity contribution >= 4 is 11.7 Å². The maximum atomic E-state index is 12.8. The average Bonchev–Trinajstić information content (AvgIpc) is 2.89. The topological polar surface area (TPSA) is 40.5 Å². The highest BCUT2D eigenvalue weighted by atomic mass is 19.4. The predicted octanol–water partition coefficient (Wildman–Crippen LogP) is 4.03. The Labute approximate surface area is 121 Å². The quantitative estimate of drug-likeness (QED) is 0.912. The van der Waals surface area contributed by atoms with Gasteiger partial charge in [-0.3, -0.25) is 0 Å². The van der Waals surface area contributed by atoms with Crippen molar-refractivity contribution < 1.29 is 23.1 Å². The number of nitrogens with zero attached hydrogens (tertiary/aromatic N) is 1. The van der Waals surface area contributed by atoms with Crippen molar-refractivity contribution in [3.05, 3.63) is 29.3 Å². The number of carboxylic acid groups (broad SMARTS) is 1. The molecule has 0 radical (unpaired) electrons. The zero-order valence-electron chi connectivity index (χ0n) is 11.8. The van der Waals surface area contributed by atoms with Crippen molar-refractivity contribution in [3.63, 3.8) is 0 Å². The van der Waals surface area contributed by atoms with Gasteiger partial charge in [-0.1, -0.05) is 12.8 Å². The minimum absolute atomic E-state index is 0.507. The lowest BCUT2D eigenvalue weighted by Crippen LogP contribution is -2.24. The fourth-order valence-corrected chi connectivity index (χ4v) is 2.88. The molecule has 1 aromatic carbocycles. The molecule has 1 fully saturated rings. The molecule has 1 saturated carbocycles. The van der Waals surface area contributed by atoms with E-state index in [1.807, 2.05) is 4.90 Å². The number of alkyl halides is 3. The number of halogens is 3. The van der Waals surface area contributed by atoms with E-state index >= 15 is 0 Å². The van der Waals surface area contributed by atoms with E-state index in [1.54, 1.807) is 7.05 Å². The lowest BCUT2D eigenvalue weighted by molar-refractivity contribution is -0.138. The molecule has 0 unspecified atom stereocenters. The van der Waals surface area contributed by atoms with Crippen LogP contribution in [-0.2, 0) is 6.18 Å². The van der Waals surface area contributed by atoms with E-state index < -0.39 is 23.3 Å². The van der Waals surface area contributed by atoms with Gasteiger partial charge in [0.2, 0.25) is 0 Å². The van der Waals surface area contributed by atoms with Crippen molar-refractivity contribution in [1.82, 2.24) is 0 Å². The maximum absolute atomic E-state index is 12.8. The molecule has 0 amide bonds. The molecule has 1 aromatic rings. The molecule has 1 aliphatic carbocycles. The Morgan fingerprint density at radius 2 is 1.95 bits per heavy atom. The van der Waals surface area contributed by atoms with Gasteiger partial charge in [0.1, 0.15) is 0 Å². The Hall–Kier alpha value is -1.72. The highest BCUT2D eigenvalue weighted by Crippen LogP contribution is 2.34. The van der Waals surface area contributed by atoms with Gasteiger partial charge in [-0.15, -0.1) is 0 Å². The zero-order valence-corrected chi connectivity index (χ0v) is 11.8. The van der Waals surface area contributed by atoms with E-state index in [9.17, 15) is 18.0 Å². The molecule has 6 heteroatoms. The summed E-state index contributed by atoms with van der Waals surface area (Å²) in [5, 5.41) is 9.00. The van der Waals surface area contributed by atoms with E-state index in [-0.39, 0.29) is 0 Å². The van der Waals surface area contributed by atoms with Crippen LogP contribution < -0.4 is 4.90 Å². The molecular weight excluding hydrogens is 283 g/mol. The Morgan fingerprint density at radius 3 is 2.48 bits per heavy atom. The third-order valence-corrected chi connectivity index (χ3v) is 3.99. The van der Waals surface area contributed by atoms with Crippen LogP contribution in [0.4, 0.5) is 18.9 Å². The summed E-state index contributed by atoms with van der Waals surface area (Å²) >= 11 is 0. The lowest BCUT2D eigenvalue weighted by atomic mass is 10.0. The van der Waals surface area contributed by atoms with Crippen LogP contribution in [0.1, 0.15) is 41.6 Å². The molecule has 1 aliphatic rings. The second-order valence-electron chi connectivity index (χ2n) is 5.56. The molecule has 0 bridgehead atoms. The van der Waals surface area contributed by atoms with Crippen molar-refractivity contribution in [2.45, 2.75) is 31.9 Å². The van der Waals surface area contributed by atoms with Crippen LogP contribution in [0.2, 0.25) is 0 Å². The molecule has 0 saturated heterocycles. The van der Waals surface area contributed by atoms with E-state index in [0.29, 0.717) is 11.6 Å². The number of carboxylic acids is 1. The van der Waals surface area contributed by atoms with Crippen molar-refractivity contribution in [2.75, 3.05) is 18.5 Å². The SMILES string of the molecule is CN(CC1CCCC1)c1ccc(C(F)(F)F)c(C(=O)O)c1. The van der Waals surface area contributed by atoms with Gasteiger partial charge in [0.15, 0.2) is 0 Å². The van der Waals surface area contributed by atoms with Crippen LogP contribution in [0, 0.1) is 5.92 Å². The Bertz CT molecular complexity index is 522. The number of rotatable bonds is 4. The molecule has 0 spiro atoms. The van der Waals surface area contributed by atoms with Gasteiger partial charge >= 0.3 is 12.1 Å². The van der Waals surface area contributed by atoms with Crippen molar-refractivity contribution in [2.24, 2.45) is 5.92 Å². The fourth-order valence-electron chi connectivity index (χ4n) is 2.88. The summed E-state index contributed by atoms with van der Waals surface area (Å²) in [5.74, 6) is -1.02. The zero-order chi connectivity index (χ0) is 15.6. The molecule has 116 valence electrons. The molecule has 0 aliphatic heterocycles. The monoisotopic (exact) mass is 301 g/mol. The molecule has 0 aromatic heterocycles. The highest BCUT2D eigenvalue weighted by Gasteiger charge is 2.35. The van der Waals surface area contributed by atoms with E-state index in [2.05, 4.69) is 0 Å². The first-order chi connectivity index (χ1) is 9.79. The molecule has 3 nitrogen and oxygen atoms in total. The number of anilines is 1. The number of benzene rings is 1. The van der Waals surface area contributed by atoms with Crippen LogP contribution in [0.25, 0.3) is 0 Å². The summed E-state index contributed by atoms with van der Waals surface area (Å²) in [4.78, 5) is 12.9. The largest absolute Gasteiger partial charge is 0.478 e. The number of aromatic carboxylic acids is 1. The summed E-state index contributed by atoms with van der Waals surface area (Å²) < 4.78 is 38.4. The minimum atomic E-state index is -4.66. The average molecular weight is 301 g/mol. The van der Waals surface area contributed by atoms with Gasteiger partial charge < -0.3 is 10.0 Å². The summed E-state index contributed by atoms with van der Waals surface area (Å²) in [6.45, 7) is 0.740. The van der Waals surface area contributed by atoms with Gasteiger partial charge in [0, 0.05) is 19.3 Å². The van der Waals surface area contributed by atoms with Crippen molar-refractivity contribution in [1.29, 1.82) is 0 Å². The smallest absolute Gasteiger partial charge is 0.417 e. The molecule has 2 rings (SSSR count). The van der Waals surface area contributed by atoms with Gasteiger partial charge in [-0.05, 0) is 37.0 Å². The van der Waals surface area contributed by atoms with Gasteiger partial charge in [0.25, 0.3) is 0 Å². The third-order valence-electron chi connectivity index (χ3n) is 3.99. The maximum Gasteiger partial charge on any atom is 0.417 e. The Balaban J connectivity index is 2.24. The van der Waals surface area contributed by atoms with Crippen LogP contribution in [0.3, 0.4) is 0 Å². The van der Waals surface area contributed by atoms with Gasteiger partial charge in [0.05, 0.1) is 11.1 Å². The summed E-state index contributed by atoms with van der Waals surface area (Å²) in [5.41, 5.74) is -1.29. The van der Waals surface area contributed by atoms with Crippen molar-refractivity contribution in [3.8, 4) is 0 Å². The van der Waals surface area contributed by atoms with E-state index in [1.165, 1.54) is 18.9 Å². The van der Waals surface area contributed by atoms with E-state index in [4.69, 9.17) is 5.11 Å². The second-order valence-corrected chi connectivity index (χ2v) is 5.56. The molecule has 21 heavy (non-hydrogen) atoms. The highest BCUT2D eigenvalue weighted by molar-refractivity contribution is 5.91.